The minimum absolute atomic E-state index is 0.765. The van der Waals surface area contributed by atoms with Crippen LogP contribution in [0, 0.1) is 0 Å². The van der Waals surface area contributed by atoms with E-state index in [2.05, 4.69) is 59.6 Å². The van der Waals surface area contributed by atoms with E-state index >= 15 is 0 Å². The van der Waals surface area contributed by atoms with Crippen LogP contribution in [-0.4, -0.2) is 21.2 Å². The minimum Gasteiger partial charge on any atom is -0.494 e. The zero-order chi connectivity index (χ0) is 17.8. The molecular formula is C22H23N3O. The van der Waals surface area contributed by atoms with Crippen molar-refractivity contribution >= 4 is 16.6 Å². The van der Waals surface area contributed by atoms with Gasteiger partial charge in [-0.25, -0.2) is 0 Å². The fourth-order valence-corrected chi connectivity index (χ4v) is 3.34. The molecule has 0 unspecified atom stereocenters. The summed E-state index contributed by atoms with van der Waals surface area (Å²) in [5, 5.41) is 9.45. The number of rotatable bonds is 7. The van der Waals surface area contributed by atoms with E-state index in [1.165, 1.54) is 24.8 Å². The lowest BCUT2D eigenvalue weighted by Gasteiger charge is -2.12. The standard InChI is InChI=1S/C22H23N3O/c1-2-3-4-8-13-26-18-11-12-21-20(14-18)19(17-9-6-5-7-10-17)15-22-24-23-16-25(21)22/h5-7,9-12,14-16H,2-4,8,13H2,1H3. The van der Waals surface area contributed by atoms with Crippen molar-refractivity contribution in [2.45, 2.75) is 32.6 Å². The van der Waals surface area contributed by atoms with Gasteiger partial charge in [0.1, 0.15) is 12.1 Å². The Morgan fingerprint density at radius 3 is 2.69 bits per heavy atom. The van der Waals surface area contributed by atoms with Crippen molar-refractivity contribution < 1.29 is 4.74 Å². The number of fused-ring (bicyclic) bond motifs is 3. The van der Waals surface area contributed by atoms with E-state index in [0.717, 1.165) is 40.9 Å². The van der Waals surface area contributed by atoms with Gasteiger partial charge in [-0.3, -0.25) is 4.40 Å². The Morgan fingerprint density at radius 2 is 1.85 bits per heavy atom. The lowest BCUT2D eigenvalue weighted by Crippen LogP contribution is -1.98. The van der Waals surface area contributed by atoms with Gasteiger partial charge in [0, 0.05) is 5.39 Å². The summed E-state index contributed by atoms with van der Waals surface area (Å²) in [5.74, 6) is 0.915. The topological polar surface area (TPSA) is 39.4 Å². The van der Waals surface area contributed by atoms with Crippen LogP contribution in [-0.2, 0) is 0 Å². The molecule has 0 aliphatic rings. The van der Waals surface area contributed by atoms with E-state index in [4.69, 9.17) is 4.74 Å². The van der Waals surface area contributed by atoms with E-state index in [9.17, 15) is 0 Å². The van der Waals surface area contributed by atoms with Gasteiger partial charge in [0.2, 0.25) is 0 Å². The number of nitrogens with zero attached hydrogens (tertiary/aromatic N) is 3. The predicted molar refractivity (Wildman–Crippen MR) is 106 cm³/mol. The second kappa shape index (κ2) is 7.56. The summed E-state index contributed by atoms with van der Waals surface area (Å²) in [5.41, 5.74) is 4.26. The van der Waals surface area contributed by atoms with Crippen molar-refractivity contribution in [2.24, 2.45) is 0 Å². The molecule has 0 N–H and O–H groups in total. The maximum Gasteiger partial charge on any atom is 0.161 e. The number of unbranched alkanes of at least 4 members (excludes halogenated alkanes) is 3. The Kier molecular flexibility index (Phi) is 4.82. The number of hydrogen-bond acceptors (Lipinski definition) is 3. The molecule has 0 aliphatic carbocycles. The van der Waals surface area contributed by atoms with E-state index in [1.54, 1.807) is 6.33 Å². The first kappa shape index (κ1) is 16.6. The molecular weight excluding hydrogens is 322 g/mol. The summed E-state index contributed by atoms with van der Waals surface area (Å²) in [6, 6.07) is 18.8. The Labute approximate surface area is 153 Å². The fourth-order valence-electron chi connectivity index (χ4n) is 3.34. The zero-order valence-electron chi connectivity index (χ0n) is 15.1. The molecule has 0 fully saturated rings. The molecule has 2 heterocycles. The molecule has 2 aromatic carbocycles. The summed E-state index contributed by atoms with van der Waals surface area (Å²) in [7, 11) is 0. The van der Waals surface area contributed by atoms with Crippen LogP contribution in [0.1, 0.15) is 32.6 Å². The lowest BCUT2D eigenvalue weighted by molar-refractivity contribution is 0.305. The Morgan fingerprint density at radius 1 is 0.962 bits per heavy atom. The smallest absolute Gasteiger partial charge is 0.161 e. The molecule has 4 rings (SSSR count). The number of benzene rings is 2. The maximum atomic E-state index is 6.00. The van der Waals surface area contributed by atoms with Crippen molar-refractivity contribution in [3.63, 3.8) is 0 Å². The largest absolute Gasteiger partial charge is 0.494 e. The molecule has 0 atom stereocenters. The molecule has 4 aromatic rings. The van der Waals surface area contributed by atoms with Gasteiger partial charge in [-0.15, -0.1) is 10.2 Å². The third-order valence-electron chi connectivity index (χ3n) is 4.72. The summed E-state index contributed by atoms with van der Waals surface area (Å²) >= 11 is 0. The average Bonchev–Trinajstić information content (AvgIpc) is 3.16. The molecule has 0 aliphatic heterocycles. The van der Waals surface area contributed by atoms with Crippen molar-refractivity contribution in [1.29, 1.82) is 0 Å². The molecule has 0 amide bonds. The van der Waals surface area contributed by atoms with E-state index in [0.29, 0.717) is 0 Å². The molecule has 0 bridgehead atoms. The summed E-state index contributed by atoms with van der Waals surface area (Å²) in [6.07, 6.45) is 6.59. The second-order valence-electron chi connectivity index (χ2n) is 6.57. The van der Waals surface area contributed by atoms with E-state index in [-0.39, 0.29) is 0 Å². The van der Waals surface area contributed by atoms with Crippen LogP contribution in [0.5, 0.6) is 5.75 Å². The molecule has 4 nitrogen and oxygen atoms in total. The third-order valence-corrected chi connectivity index (χ3v) is 4.72. The highest BCUT2D eigenvalue weighted by Crippen LogP contribution is 2.32. The van der Waals surface area contributed by atoms with Crippen molar-refractivity contribution in [2.75, 3.05) is 6.61 Å². The lowest BCUT2D eigenvalue weighted by atomic mass is 10.0. The van der Waals surface area contributed by atoms with Gasteiger partial charge >= 0.3 is 0 Å². The molecule has 0 radical (unpaired) electrons. The van der Waals surface area contributed by atoms with Crippen LogP contribution in [0.4, 0.5) is 0 Å². The predicted octanol–water partition coefficient (Wildman–Crippen LogP) is 5.51. The second-order valence-corrected chi connectivity index (χ2v) is 6.57. The van der Waals surface area contributed by atoms with Crippen molar-refractivity contribution in [3.05, 3.63) is 60.9 Å². The average molecular weight is 345 g/mol. The first-order chi connectivity index (χ1) is 12.9. The van der Waals surface area contributed by atoms with Crippen LogP contribution in [0.15, 0.2) is 60.9 Å². The normalized spacial score (nSPS) is 11.3. The first-order valence-corrected chi connectivity index (χ1v) is 9.31. The van der Waals surface area contributed by atoms with Gasteiger partial charge in [-0.2, -0.15) is 0 Å². The monoisotopic (exact) mass is 345 g/mol. The van der Waals surface area contributed by atoms with Gasteiger partial charge in [0.25, 0.3) is 0 Å². The van der Waals surface area contributed by atoms with Crippen LogP contribution in [0.2, 0.25) is 0 Å². The van der Waals surface area contributed by atoms with Gasteiger partial charge in [-0.05, 0) is 41.8 Å². The zero-order valence-corrected chi connectivity index (χ0v) is 15.1. The number of hydrogen-bond donors (Lipinski definition) is 0. The fraction of sp³-hybridized carbons (Fsp3) is 0.273. The Hall–Kier alpha value is -2.88. The minimum atomic E-state index is 0.765. The molecule has 0 saturated heterocycles. The molecule has 26 heavy (non-hydrogen) atoms. The van der Waals surface area contributed by atoms with Crippen molar-refractivity contribution in [3.8, 4) is 16.9 Å². The van der Waals surface area contributed by atoms with E-state index < -0.39 is 0 Å². The van der Waals surface area contributed by atoms with Crippen LogP contribution in [0.3, 0.4) is 0 Å². The SMILES string of the molecule is CCCCCCOc1ccc2c(c1)c(-c1ccccc1)cc1nncn12. The first-order valence-electron chi connectivity index (χ1n) is 9.31. The third kappa shape index (κ3) is 3.27. The van der Waals surface area contributed by atoms with Crippen LogP contribution >= 0.6 is 0 Å². The highest BCUT2D eigenvalue weighted by Gasteiger charge is 2.11. The summed E-state index contributed by atoms with van der Waals surface area (Å²) in [6.45, 7) is 2.99. The van der Waals surface area contributed by atoms with Gasteiger partial charge in [-0.1, -0.05) is 56.5 Å². The molecule has 4 heteroatoms. The van der Waals surface area contributed by atoms with Gasteiger partial charge < -0.3 is 4.74 Å². The van der Waals surface area contributed by atoms with Crippen LogP contribution in [0.25, 0.3) is 27.7 Å². The number of aromatic nitrogens is 3. The maximum absolute atomic E-state index is 6.00. The summed E-state index contributed by atoms with van der Waals surface area (Å²) in [4.78, 5) is 0. The Balaban J connectivity index is 1.74. The highest BCUT2D eigenvalue weighted by molar-refractivity contribution is 5.97. The molecule has 132 valence electrons. The number of ether oxygens (including phenoxy) is 1. The van der Waals surface area contributed by atoms with Crippen LogP contribution < -0.4 is 4.74 Å². The molecule has 2 aromatic heterocycles. The van der Waals surface area contributed by atoms with Gasteiger partial charge in [0.15, 0.2) is 5.65 Å². The summed E-state index contributed by atoms with van der Waals surface area (Å²) < 4.78 is 8.03. The van der Waals surface area contributed by atoms with E-state index in [1.807, 2.05) is 16.5 Å². The Bertz CT molecular complexity index is 1010. The number of pyridine rings is 1. The quantitative estimate of drug-likeness (QED) is 0.415. The highest BCUT2D eigenvalue weighted by atomic mass is 16.5. The molecule has 0 saturated carbocycles. The van der Waals surface area contributed by atoms with Gasteiger partial charge in [0.05, 0.1) is 12.1 Å². The molecule has 0 spiro atoms. The van der Waals surface area contributed by atoms with Crippen molar-refractivity contribution in [1.82, 2.24) is 14.6 Å².